The molecular weight excluding hydrogens is 258 g/mol. The SMILES string of the molecule is CN1CCN(C(=O)N(CC(=O)O)C(C)(C)C)CC1(C)C. The van der Waals surface area contributed by atoms with Crippen molar-refractivity contribution in [3.63, 3.8) is 0 Å². The first-order valence-corrected chi connectivity index (χ1v) is 6.95. The van der Waals surface area contributed by atoms with E-state index in [1.54, 1.807) is 4.90 Å². The number of nitrogens with zero attached hydrogens (tertiary/aromatic N) is 3. The first-order valence-electron chi connectivity index (χ1n) is 6.95. The van der Waals surface area contributed by atoms with Crippen LogP contribution >= 0.6 is 0 Å². The monoisotopic (exact) mass is 285 g/mol. The highest BCUT2D eigenvalue weighted by Gasteiger charge is 2.38. The van der Waals surface area contributed by atoms with Crippen molar-refractivity contribution in [2.24, 2.45) is 0 Å². The predicted molar refractivity (Wildman–Crippen MR) is 77.8 cm³/mol. The molecule has 0 unspecified atom stereocenters. The molecule has 1 N–H and O–H groups in total. The molecule has 2 amide bonds. The van der Waals surface area contributed by atoms with E-state index in [4.69, 9.17) is 5.11 Å². The summed E-state index contributed by atoms with van der Waals surface area (Å²) >= 11 is 0. The van der Waals surface area contributed by atoms with Gasteiger partial charge in [-0.3, -0.25) is 9.69 Å². The van der Waals surface area contributed by atoms with E-state index in [2.05, 4.69) is 18.7 Å². The normalized spacial score (nSPS) is 19.8. The van der Waals surface area contributed by atoms with E-state index in [-0.39, 0.29) is 18.1 Å². The molecule has 0 saturated carbocycles. The molecule has 1 heterocycles. The molecule has 0 aromatic heterocycles. The Balaban J connectivity index is 2.88. The highest BCUT2D eigenvalue weighted by Crippen LogP contribution is 2.22. The molecule has 1 rings (SSSR count). The first kappa shape index (κ1) is 16.8. The molecule has 116 valence electrons. The molecule has 1 saturated heterocycles. The number of likely N-dealkylation sites (N-methyl/N-ethyl adjacent to an activating group) is 1. The minimum atomic E-state index is -0.985. The van der Waals surface area contributed by atoms with Gasteiger partial charge in [0.25, 0.3) is 0 Å². The minimum Gasteiger partial charge on any atom is -0.480 e. The number of amides is 2. The lowest BCUT2D eigenvalue weighted by atomic mass is 9.99. The lowest BCUT2D eigenvalue weighted by Gasteiger charge is -2.47. The number of carbonyl (C=O) groups is 2. The van der Waals surface area contributed by atoms with Gasteiger partial charge in [0.2, 0.25) is 0 Å². The Hall–Kier alpha value is -1.30. The maximum atomic E-state index is 12.6. The Morgan fingerprint density at radius 3 is 2.20 bits per heavy atom. The Morgan fingerprint density at radius 2 is 1.80 bits per heavy atom. The molecule has 0 bridgehead atoms. The van der Waals surface area contributed by atoms with Gasteiger partial charge in [0.05, 0.1) is 0 Å². The smallest absolute Gasteiger partial charge is 0.323 e. The highest BCUT2D eigenvalue weighted by atomic mass is 16.4. The van der Waals surface area contributed by atoms with Crippen molar-refractivity contribution in [2.75, 3.05) is 33.2 Å². The van der Waals surface area contributed by atoms with Gasteiger partial charge in [0, 0.05) is 30.7 Å². The van der Waals surface area contributed by atoms with Crippen LogP contribution in [0, 0.1) is 0 Å². The number of piperazine rings is 1. The summed E-state index contributed by atoms with van der Waals surface area (Å²) in [6.45, 7) is 11.5. The number of carbonyl (C=O) groups excluding carboxylic acids is 1. The average Bonchev–Trinajstić information content (AvgIpc) is 2.27. The van der Waals surface area contributed by atoms with E-state index < -0.39 is 11.5 Å². The summed E-state index contributed by atoms with van der Waals surface area (Å²) in [5.41, 5.74) is -0.607. The van der Waals surface area contributed by atoms with Gasteiger partial charge in [-0.25, -0.2) is 4.79 Å². The molecule has 1 fully saturated rings. The molecule has 0 aromatic carbocycles. The molecule has 6 heteroatoms. The number of hydrogen-bond donors (Lipinski definition) is 1. The van der Waals surface area contributed by atoms with Crippen molar-refractivity contribution in [2.45, 2.75) is 45.7 Å². The van der Waals surface area contributed by atoms with Crippen LogP contribution in [0.5, 0.6) is 0 Å². The zero-order valence-electron chi connectivity index (χ0n) is 13.4. The molecule has 1 aliphatic rings. The highest BCUT2D eigenvalue weighted by molar-refractivity contribution is 5.81. The fourth-order valence-corrected chi connectivity index (χ4v) is 2.30. The van der Waals surface area contributed by atoms with Gasteiger partial charge in [-0.2, -0.15) is 0 Å². The number of hydrogen-bond acceptors (Lipinski definition) is 3. The summed E-state index contributed by atoms with van der Waals surface area (Å²) in [7, 11) is 2.04. The second-order valence-corrected chi connectivity index (χ2v) is 7.09. The summed E-state index contributed by atoms with van der Waals surface area (Å²) in [5, 5.41) is 9.02. The summed E-state index contributed by atoms with van der Waals surface area (Å²) in [5.74, 6) is -0.985. The van der Waals surface area contributed by atoms with E-state index in [1.807, 2.05) is 27.8 Å². The summed E-state index contributed by atoms with van der Waals surface area (Å²) in [6, 6.07) is -0.193. The number of carboxylic acid groups (broad SMARTS) is 1. The van der Waals surface area contributed by atoms with Crippen molar-refractivity contribution in [1.29, 1.82) is 0 Å². The lowest BCUT2D eigenvalue weighted by molar-refractivity contribution is -0.138. The average molecular weight is 285 g/mol. The maximum absolute atomic E-state index is 12.6. The summed E-state index contributed by atoms with van der Waals surface area (Å²) < 4.78 is 0. The fourth-order valence-electron chi connectivity index (χ4n) is 2.30. The van der Waals surface area contributed by atoms with Gasteiger partial charge in [-0.15, -0.1) is 0 Å². The molecule has 0 aromatic rings. The van der Waals surface area contributed by atoms with Gasteiger partial charge in [0.1, 0.15) is 6.54 Å². The first-order chi connectivity index (χ1) is 8.95. The van der Waals surface area contributed by atoms with Gasteiger partial charge < -0.3 is 14.9 Å². The molecule has 0 aliphatic carbocycles. The van der Waals surface area contributed by atoms with E-state index in [9.17, 15) is 9.59 Å². The fraction of sp³-hybridized carbons (Fsp3) is 0.857. The van der Waals surface area contributed by atoms with Crippen molar-refractivity contribution >= 4 is 12.0 Å². The largest absolute Gasteiger partial charge is 0.480 e. The topological polar surface area (TPSA) is 64.1 Å². The Labute approximate surface area is 121 Å². The maximum Gasteiger partial charge on any atom is 0.323 e. The molecule has 0 spiro atoms. The zero-order chi connectivity index (χ0) is 15.7. The van der Waals surface area contributed by atoms with E-state index >= 15 is 0 Å². The van der Waals surface area contributed by atoms with Crippen molar-refractivity contribution < 1.29 is 14.7 Å². The van der Waals surface area contributed by atoms with Crippen molar-refractivity contribution in [1.82, 2.24) is 14.7 Å². The summed E-state index contributed by atoms with van der Waals surface area (Å²) in [6.07, 6.45) is 0. The van der Waals surface area contributed by atoms with Crippen LogP contribution in [-0.4, -0.2) is 76.1 Å². The number of aliphatic carboxylic acids is 1. The number of carboxylic acids is 1. The van der Waals surface area contributed by atoms with Crippen molar-refractivity contribution in [3.05, 3.63) is 0 Å². The molecule has 20 heavy (non-hydrogen) atoms. The van der Waals surface area contributed by atoms with Crippen LogP contribution in [0.25, 0.3) is 0 Å². The van der Waals surface area contributed by atoms with Crippen LogP contribution in [-0.2, 0) is 4.79 Å². The second-order valence-electron chi connectivity index (χ2n) is 7.09. The van der Waals surface area contributed by atoms with Crippen LogP contribution in [0.4, 0.5) is 4.79 Å². The van der Waals surface area contributed by atoms with Crippen LogP contribution in [0.1, 0.15) is 34.6 Å². The molecule has 0 radical (unpaired) electrons. The Kier molecular flexibility index (Phi) is 4.69. The van der Waals surface area contributed by atoms with Crippen LogP contribution in [0.2, 0.25) is 0 Å². The quantitative estimate of drug-likeness (QED) is 0.831. The molecular formula is C14H27N3O3. The van der Waals surface area contributed by atoms with Gasteiger partial charge in [-0.1, -0.05) is 0 Å². The van der Waals surface area contributed by atoms with Gasteiger partial charge in [0.15, 0.2) is 0 Å². The lowest BCUT2D eigenvalue weighted by Crippen LogP contribution is -2.63. The van der Waals surface area contributed by atoms with E-state index in [0.717, 1.165) is 6.54 Å². The molecule has 1 aliphatic heterocycles. The molecule has 6 nitrogen and oxygen atoms in total. The van der Waals surface area contributed by atoms with E-state index in [0.29, 0.717) is 13.1 Å². The third-order valence-corrected chi connectivity index (χ3v) is 3.92. The van der Waals surface area contributed by atoms with Crippen LogP contribution < -0.4 is 0 Å². The molecule has 0 atom stereocenters. The number of rotatable bonds is 2. The van der Waals surface area contributed by atoms with Crippen LogP contribution in [0.15, 0.2) is 0 Å². The van der Waals surface area contributed by atoms with Crippen LogP contribution in [0.3, 0.4) is 0 Å². The Bertz CT molecular complexity index is 388. The third-order valence-electron chi connectivity index (χ3n) is 3.92. The van der Waals surface area contributed by atoms with Gasteiger partial charge >= 0.3 is 12.0 Å². The predicted octanol–water partition coefficient (Wildman–Crippen LogP) is 1.32. The second kappa shape index (κ2) is 5.60. The summed E-state index contributed by atoms with van der Waals surface area (Å²) in [4.78, 5) is 29.1. The van der Waals surface area contributed by atoms with Crippen molar-refractivity contribution in [3.8, 4) is 0 Å². The van der Waals surface area contributed by atoms with Gasteiger partial charge in [-0.05, 0) is 41.7 Å². The number of urea groups is 1. The third kappa shape index (κ3) is 3.85. The van der Waals surface area contributed by atoms with E-state index in [1.165, 1.54) is 4.90 Å². The zero-order valence-corrected chi connectivity index (χ0v) is 13.4. The minimum absolute atomic E-state index is 0.0965. The Morgan fingerprint density at radius 1 is 1.25 bits per heavy atom. The standard InChI is InChI=1S/C14H27N3O3/c1-13(2,3)17(9-11(18)19)12(20)16-8-7-15(6)14(4,5)10-16/h7-10H2,1-6H3,(H,18,19).